The number of carboxylic acid groups (broad SMARTS) is 1. The molecule has 0 atom stereocenters. The fraction of sp³-hybridized carbons (Fsp3) is 0.125. The van der Waals surface area contributed by atoms with E-state index < -0.39 is 5.97 Å². The summed E-state index contributed by atoms with van der Waals surface area (Å²) in [6, 6.07) is 12.2. The summed E-state index contributed by atoms with van der Waals surface area (Å²) in [7, 11) is 0. The van der Waals surface area contributed by atoms with Gasteiger partial charge >= 0.3 is 5.97 Å². The summed E-state index contributed by atoms with van der Waals surface area (Å²) in [5, 5.41) is 13.2. The number of rotatable bonds is 6. The van der Waals surface area contributed by atoms with Crippen molar-refractivity contribution in [3.63, 3.8) is 0 Å². The predicted octanol–water partition coefficient (Wildman–Crippen LogP) is 3.99. The average Bonchev–Trinajstić information content (AvgIpc) is 2.50. The first-order chi connectivity index (χ1) is 10.6. The number of carboxylic acids is 1. The van der Waals surface area contributed by atoms with E-state index in [1.54, 1.807) is 24.4 Å². The molecule has 22 heavy (non-hydrogen) atoms. The molecule has 6 heteroatoms. The van der Waals surface area contributed by atoms with E-state index in [4.69, 9.17) is 9.84 Å². The highest BCUT2D eigenvalue weighted by molar-refractivity contribution is 9.10. The van der Waals surface area contributed by atoms with Gasteiger partial charge in [0.15, 0.2) is 0 Å². The Bertz CT molecular complexity index is 702. The van der Waals surface area contributed by atoms with Gasteiger partial charge in [0.05, 0.1) is 28.5 Å². The monoisotopic (exact) mass is 362 g/mol. The molecule has 0 fully saturated rings. The van der Waals surface area contributed by atoms with E-state index in [9.17, 15) is 4.79 Å². The average molecular weight is 363 g/mol. The molecule has 2 rings (SSSR count). The number of halogens is 1. The molecule has 0 spiro atoms. The van der Waals surface area contributed by atoms with Gasteiger partial charge in [-0.2, -0.15) is 5.10 Å². The Balaban J connectivity index is 2.10. The third-order valence-corrected chi connectivity index (χ3v) is 3.43. The van der Waals surface area contributed by atoms with Gasteiger partial charge in [-0.05, 0) is 58.7 Å². The molecule has 0 saturated heterocycles. The Labute approximate surface area is 136 Å². The summed E-state index contributed by atoms with van der Waals surface area (Å²) in [4.78, 5) is 11.1. The quantitative estimate of drug-likeness (QED) is 0.601. The maximum atomic E-state index is 11.1. The number of anilines is 1. The highest BCUT2D eigenvalue weighted by Gasteiger charge is 2.07. The van der Waals surface area contributed by atoms with Crippen molar-refractivity contribution in [3.8, 4) is 5.75 Å². The van der Waals surface area contributed by atoms with Crippen molar-refractivity contribution in [2.45, 2.75) is 6.92 Å². The Hall–Kier alpha value is -2.34. The third kappa shape index (κ3) is 4.08. The molecule has 0 aromatic heterocycles. The van der Waals surface area contributed by atoms with Crippen LogP contribution in [0.2, 0.25) is 0 Å². The second kappa shape index (κ2) is 7.61. The number of aromatic carboxylic acids is 1. The molecule has 0 amide bonds. The number of nitrogens with one attached hydrogen (secondary N) is 1. The lowest BCUT2D eigenvalue weighted by atomic mass is 10.2. The van der Waals surface area contributed by atoms with Crippen molar-refractivity contribution in [2.75, 3.05) is 12.0 Å². The molecule has 2 aromatic carbocycles. The van der Waals surface area contributed by atoms with E-state index in [2.05, 4.69) is 26.5 Å². The largest absolute Gasteiger partial charge is 0.493 e. The van der Waals surface area contributed by atoms with Crippen LogP contribution in [0.4, 0.5) is 5.69 Å². The van der Waals surface area contributed by atoms with E-state index in [0.29, 0.717) is 12.3 Å². The summed E-state index contributed by atoms with van der Waals surface area (Å²) in [5.41, 5.74) is 4.22. The van der Waals surface area contributed by atoms with E-state index in [1.807, 2.05) is 25.1 Å². The second-order valence-electron chi connectivity index (χ2n) is 4.34. The lowest BCUT2D eigenvalue weighted by Gasteiger charge is -2.06. The van der Waals surface area contributed by atoms with Crippen LogP contribution in [0.15, 0.2) is 52.0 Å². The highest BCUT2D eigenvalue weighted by Crippen LogP contribution is 2.25. The second-order valence-corrected chi connectivity index (χ2v) is 5.20. The first-order valence-electron chi connectivity index (χ1n) is 6.65. The first-order valence-corrected chi connectivity index (χ1v) is 7.45. The standard InChI is InChI=1S/C16H15BrN2O3/c1-2-22-15-8-7-11(9-13(15)17)10-18-19-14-6-4-3-5-12(14)16(20)21/h3-10,19H,2H2,1H3,(H,20,21). The zero-order chi connectivity index (χ0) is 15.9. The van der Waals surface area contributed by atoms with E-state index >= 15 is 0 Å². The molecular weight excluding hydrogens is 348 g/mol. The van der Waals surface area contributed by atoms with Crippen LogP contribution in [0.1, 0.15) is 22.8 Å². The fourth-order valence-corrected chi connectivity index (χ4v) is 2.32. The summed E-state index contributed by atoms with van der Waals surface area (Å²) in [5.74, 6) is -0.231. The van der Waals surface area contributed by atoms with Crippen molar-refractivity contribution >= 4 is 33.8 Å². The molecular formula is C16H15BrN2O3. The number of hydrogen-bond donors (Lipinski definition) is 2. The SMILES string of the molecule is CCOc1ccc(C=NNc2ccccc2C(=O)O)cc1Br. The number of nitrogens with zero attached hydrogens (tertiary/aromatic N) is 1. The number of hydrogen-bond acceptors (Lipinski definition) is 4. The Morgan fingerprint density at radius 1 is 1.36 bits per heavy atom. The maximum absolute atomic E-state index is 11.1. The first kappa shape index (κ1) is 16.0. The summed E-state index contributed by atoms with van der Waals surface area (Å²) >= 11 is 3.43. The fourth-order valence-electron chi connectivity index (χ4n) is 1.81. The van der Waals surface area contributed by atoms with Crippen molar-refractivity contribution in [2.24, 2.45) is 5.10 Å². The van der Waals surface area contributed by atoms with Crippen LogP contribution in [0, 0.1) is 0 Å². The van der Waals surface area contributed by atoms with Crippen LogP contribution in [0.25, 0.3) is 0 Å². The van der Waals surface area contributed by atoms with Crippen molar-refractivity contribution in [3.05, 3.63) is 58.1 Å². The molecule has 0 heterocycles. The van der Waals surface area contributed by atoms with Gasteiger partial charge in [-0.1, -0.05) is 12.1 Å². The van der Waals surface area contributed by atoms with Gasteiger partial charge in [-0.3, -0.25) is 5.43 Å². The van der Waals surface area contributed by atoms with Crippen LogP contribution < -0.4 is 10.2 Å². The summed E-state index contributed by atoms with van der Waals surface area (Å²) in [6.45, 7) is 2.52. The van der Waals surface area contributed by atoms with E-state index in [-0.39, 0.29) is 5.56 Å². The third-order valence-electron chi connectivity index (χ3n) is 2.81. The normalized spacial score (nSPS) is 10.6. The molecule has 0 saturated carbocycles. The van der Waals surface area contributed by atoms with Crippen molar-refractivity contribution in [1.29, 1.82) is 0 Å². The van der Waals surface area contributed by atoms with Crippen LogP contribution in [0.3, 0.4) is 0 Å². The molecule has 0 radical (unpaired) electrons. The molecule has 0 aliphatic carbocycles. The van der Waals surface area contributed by atoms with Gasteiger partial charge in [0.2, 0.25) is 0 Å². The van der Waals surface area contributed by atoms with Crippen molar-refractivity contribution < 1.29 is 14.6 Å². The lowest BCUT2D eigenvalue weighted by molar-refractivity contribution is 0.0698. The number of ether oxygens (including phenoxy) is 1. The molecule has 2 aromatic rings. The molecule has 5 nitrogen and oxygen atoms in total. The summed E-state index contributed by atoms with van der Waals surface area (Å²) in [6.07, 6.45) is 1.61. The number of benzene rings is 2. The van der Waals surface area contributed by atoms with Crippen LogP contribution >= 0.6 is 15.9 Å². The van der Waals surface area contributed by atoms with Crippen LogP contribution in [-0.4, -0.2) is 23.9 Å². The highest BCUT2D eigenvalue weighted by atomic mass is 79.9. The van der Waals surface area contributed by atoms with Crippen molar-refractivity contribution in [1.82, 2.24) is 0 Å². The summed E-state index contributed by atoms with van der Waals surface area (Å²) < 4.78 is 6.27. The minimum Gasteiger partial charge on any atom is -0.493 e. The lowest BCUT2D eigenvalue weighted by Crippen LogP contribution is -2.02. The van der Waals surface area contributed by atoms with E-state index in [1.165, 1.54) is 6.07 Å². The molecule has 0 unspecified atom stereocenters. The van der Waals surface area contributed by atoms with Crippen LogP contribution in [0.5, 0.6) is 5.75 Å². The number of hydrazone groups is 1. The van der Waals surface area contributed by atoms with E-state index in [0.717, 1.165) is 15.8 Å². The van der Waals surface area contributed by atoms with Gasteiger partial charge in [0.1, 0.15) is 5.75 Å². The maximum Gasteiger partial charge on any atom is 0.337 e. The minimum atomic E-state index is -0.998. The minimum absolute atomic E-state index is 0.174. The van der Waals surface area contributed by atoms with Gasteiger partial charge in [-0.25, -0.2) is 4.79 Å². The zero-order valence-corrected chi connectivity index (χ0v) is 13.5. The molecule has 114 valence electrons. The Morgan fingerprint density at radius 3 is 2.82 bits per heavy atom. The number of carbonyl (C=O) groups is 1. The smallest absolute Gasteiger partial charge is 0.337 e. The molecule has 0 bridgehead atoms. The molecule has 0 aliphatic heterocycles. The van der Waals surface area contributed by atoms with Gasteiger partial charge in [0, 0.05) is 0 Å². The van der Waals surface area contributed by atoms with Crippen LogP contribution in [-0.2, 0) is 0 Å². The van der Waals surface area contributed by atoms with Gasteiger partial charge < -0.3 is 9.84 Å². The van der Waals surface area contributed by atoms with Gasteiger partial charge in [0.25, 0.3) is 0 Å². The topological polar surface area (TPSA) is 70.9 Å². The Kier molecular flexibility index (Phi) is 5.55. The Morgan fingerprint density at radius 2 is 2.14 bits per heavy atom. The molecule has 0 aliphatic rings. The number of para-hydroxylation sites is 1. The predicted molar refractivity (Wildman–Crippen MR) is 89.9 cm³/mol. The van der Waals surface area contributed by atoms with Gasteiger partial charge in [-0.15, -0.1) is 0 Å². The molecule has 2 N–H and O–H groups in total. The zero-order valence-electron chi connectivity index (χ0n) is 11.9.